The Bertz CT molecular complexity index is 963. The molecule has 0 radical (unpaired) electrons. The Labute approximate surface area is 167 Å². The monoisotopic (exact) mass is 400 g/mol. The summed E-state index contributed by atoms with van der Waals surface area (Å²) in [7, 11) is -3.54. The summed E-state index contributed by atoms with van der Waals surface area (Å²) in [4.78, 5) is 13.0. The van der Waals surface area contributed by atoms with Crippen LogP contribution in [0.15, 0.2) is 47.4 Å². The Kier molecular flexibility index (Phi) is 6.20. The van der Waals surface area contributed by atoms with Gasteiger partial charge in [-0.3, -0.25) is 4.79 Å². The van der Waals surface area contributed by atoms with Crippen molar-refractivity contribution >= 4 is 15.9 Å². The van der Waals surface area contributed by atoms with Crippen LogP contribution in [0.2, 0.25) is 0 Å². The molecule has 1 atom stereocenters. The summed E-state index contributed by atoms with van der Waals surface area (Å²) in [6.07, 6.45) is 2.51. The van der Waals surface area contributed by atoms with Crippen LogP contribution < -0.4 is 5.32 Å². The van der Waals surface area contributed by atoms with Crippen LogP contribution in [0.3, 0.4) is 0 Å². The van der Waals surface area contributed by atoms with Gasteiger partial charge < -0.3 is 5.32 Å². The lowest BCUT2D eigenvalue weighted by atomic mass is 9.99. The van der Waals surface area contributed by atoms with E-state index in [1.54, 1.807) is 18.2 Å². The number of rotatable bonds is 6. The molecule has 2 aromatic carbocycles. The quantitative estimate of drug-likeness (QED) is 0.798. The van der Waals surface area contributed by atoms with E-state index in [0.29, 0.717) is 18.7 Å². The van der Waals surface area contributed by atoms with Gasteiger partial charge in [0.1, 0.15) is 0 Å². The number of nitrogens with zero attached hydrogens (tertiary/aromatic N) is 1. The van der Waals surface area contributed by atoms with Crippen LogP contribution in [0.25, 0.3) is 0 Å². The van der Waals surface area contributed by atoms with Crippen LogP contribution >= 0.6 is 0 Å². The van der Waals surface area contributed by atoms with Gasteiger partial charge >= 0.3 is 0 Å². The smallest absolute Gasteiger partial charge is 0.251 e. The molecular weight excluding hydrogens is 372 g/mol. The second-order valence-corrected chi connectivity index (χ2v) is 9.35. The van der Waals surface area contributed by atoms with Gasteiger partial charge in [0.05, 0.1) is 10.9 Å². The molecule has 1 heterocycles. The zero-order chi connectivity index (χ0) is 20.3. The third-order valence-electron chi connectivity index (χ3n) is 5.45. The zero-order valence-electron chi connectivity index (χ0n) is 16.7. The van der Waals surface area contributed by atoms with Crippen molar-refractivity contribution in [2.75, 3.05) is 13.1 Å². The summed E-state index contributed by atoms with van der Waals surface area (Å²) >= 11 is 0. The number of benzene rings is 2. The van der Waals surface area contributed by atoms with Gasteiger partial charge in [-0.1, -0.05) is 31.2 Å². The first-order chi connectivity index (χ1) is 13.3. The molecule has 28 heavy (non-hydrogen) atoms. The van der Waals surface area contributed by atoms with Gasteiger partial charge in [0, 0.05) is 18.7 Å². The minimum absolute atomic E-state index is 0.120. The Hall–Kier alpha value is -2.18. The van der Waals surface area contributed by atoms with Gasteiger partial charge in [0.15, 0.2) is 0 Å². The average Bonchev–Trinajstić information content (AvgIpc) is 3.24. The van der Waals surface area contributed by atoms with E-state index in [4.69, 9.17) is 0 Å². The van der Waals surface area contributed by atoms with Gasteiger partial charge in [0.25, 0.3) is 5.91 Å². The van der Waals surface area contributed by atoms with Crippen LogP contribution in [-0.2, 0) is 10.0 Å². The first-order valence-corrected chi connectivity index (χ1v) is 11.2. The third kappa shape index (κ3) is 4.28. The summed E-state index contributed by atoms with van der Waals surface area (Å²) in [6.45, 7) is 7.23. The Morgan fingerprint density at radius 1 is 1.07 bits per heavy atom. The molecule has 150 valence electrons. The molecule has 0 unspecified atom stereocenters. The van der Waals surface area contributed by atoms with Gasteiger partial charge in [-0.2, -0.15) is 4.31 Å². The van der Waals surface area contributed by atoms with Crippen molar-refractivity contribution in [1.82, 2.24) is 9.62 Å². The molecule has 1 aliphatic heterocycles. The van der Waals surface area contributed by atoms with Gasteiger partial charge in [-0.25, -0.2) is 8.42 Å². The highest BCUT2D eigenvalue weighted by atomic mass is 32.2. The Morgan fingerprint density at radius 3 is 2.43 bits per heavy atom. The third-order valence-corrected chi connectivity index (χ3v) is 7.34. The molecule has 0 saturated carbocycles. The summed E-state index contributed by atoms with van der Waals surface area (Å²) in [6, 6.07) is 12.4. The van der Waals surface area contributed by atoms with Crippen LogP contribution in [0.1, 0.15) is 59.3 Å². The van der Waals surface area contributed by atoms with Crippen LogP contribution in [0.5, 0.6) is 0 Å². The lowest BCUT2D eigenvalue weighted by Gasteiger charge is -2.19. The van der Waals surface area contributed by atoms with Crippen molar-refractivity contribution in [3.63, 3.8) is 0 Å². The number of carbonyl (C=O) groups excluding carboxylic acids is 1. The molecule has 0 aliphatic carbocycles. The maximum atomic E-state index is 12.8. The molecule has 1 saturated heterocycles. The van der Waals surface area contributed by atoms with E-state index in [1.807, 2.05) is 13.0 Å². The summed E-state index contributed by atoms with van der Waals surface area (Å²) in [5, 5.41) is 3.05. The van der Waals surface area contributed by atoms with Gasteiger partial charge in [0.2, 0.25) is 10.0 Å². The number of hydrogen-bond acceptors (Lipinski definition) is 3. The minimum atomic E-state index is -3.54. The Balaban J connectivity index is 1.81. The maximum Gasteiger partial charge on any atom is 0.251 e. The lowest BCUT2D eigenvalue weighted by molar-refractivity contribution is 0.0935. The number of nitrogens with one attached hydrogen (secondary N) is 1. The Morgan fingerprint density at radius 2 is 1.79 bits per heavy atom. The van der Waals surface area contributed by atoms with Crippen molar-refractivity contribution in [1.29, 1.82) is 0 Å². The molecule has 0 bridgehead atoms. The van der Waals surface area contributed by atoms with Crippen molar-refractivity contribution in [2.24, 2.45) is 0 Å². The molecule has 0 aromatic heterocycles. The fraction of sp³-hybridized carbons (Fsp3) is 0.409. The average molecular weight is 401 g/mol. The predicted molar refractivity (Wildman–Crippen MR) is 111 cm³/mol. The van der Waals surface area contributed by atoms with Gasteiger partial charge in [-0.15, -0.1) is 0 Å². The number of carbonyl (C=O) groups is 1. The van der Waals surface area contributed by atoms with Crippen LogP contribution in [-0.4, -0.2) is 31.7 Å². The van der Waals surface area contributed by atoms with Gasteiger partial charge in [-0.05, 0) is 68.0 Å². The fourth-order valence-corrected chi connectivity index (χ4v) is 5.08. The highest BCUT2D eigenvalue weighted by Gasteiger charge is 2.27. The molecule has 1 fully saturated rings. The van der Waals surface area contributed by atoms with E-state index in [2.05, 4.69) is 31.3 Å². The number of hydrogen-bond donors (Lipinski definition) is 1. The highest BCUT2D eigenvalue weighted by Crippen LogP contribution is 2.23. The molecule has 1 aliphatic rings. The first kappa shape index (κ1) is 20.6. The van der Waals surface area contributed by atoms with Crippen molar-refractivity contribution in [2.45, 2.75) is 51.0 Å². The highest BCUT2D eigenvalue weighted by molar-refractivity contribution is 7.89. The molecule has 2 aromatic rings. The molecule has 0 spiro atoms. The standard InChI is InChI=1S/C22H28N2O3S/c1-4-21(18-11-10-16(2)17(3)14-18)23-22(25)19-8-7-9-20(15-19)28(26,27)24-12-5-6-13-24/h7-11,14-15,21H,4-6,12-13H2,1-3H3,(H,23,25)/t21-/m0/s1. The zero-order valence-corrected chi connectivity index (χ0v) is 17.6. The first-order valence-electron chi connectivity index (χ1n) is 9.81. The summed E-state index contributed by atoms with van der Waals surface area (Å²) in [5.41, 5.74) is 3.82. The van der Waals surface area contributed by atoms with Crippen molar-refractivity contribution in [3.05, 3.63) is 64.7 Å². The maximum absolute atomic E-state index is 12.8. The van der Waals surface area contributed by atoms with Crippen LogP contribution in [0, 0.1) is 13.8 Å². The number of aryl methyl sites for hydroxylation is 2. The minimum Gasteiger partial charge on any atom is -0.345 e. The lowest BCUT2D eigenvalue weighted by Crippen LogP contribution is -2.30. The fourth-order valence-electron chi connectivity index (χ4n) is 3.52. The topological polar surface area (TPSA) is 66.5 Å². The number of amides is 1. The van der Waals surface area contributed by atoms with E-state index >= 15 is 0 Å². The van der Waals surface area contributed by atoms with Crippen LogP contribution in [0.4, 0.5) is 0 Å². The normalized spacial score (nSPS) is 16.1. The van der Waals surface area contributed by atoms with E-state index < -0.39 is 10.0 Å². The second-order valence-electron chi connectivity index (χ2n) is 7.42. The molecule has 1 amide bonds. The largest absolute Gasteiger partial charge is 0.345 e. The van der Waals surface area contributed by atoms with E-state index in [-0.39, 0.29) is 16.8 Å². The van der Waals surface area contributed by atoms with Crippen molar-refractivity contribution in [3.8, 4) is 0 Å². The molecule has 1 N–H and O–H groups in total. The summed E-state index contributed by atoms with van der Waals surface area (Å²) in [5.74, 6) is -0.261. The van der Waals surface area contributed by atoms with Crippen molar-refractivity contribution < 1.29 is 13.2 Å². The predicted octanol–water partition coefficient (Wildman–Crippen LogP) is 3.97. The molecule has 3 rings (SSSR count). The number of sulfonamides is 1. The van der Waals surface area contributed by atoms with E-state index in [1.165, 1.54) is 21.5 Å². The van der Waals surface area contributed by atoms with E-state index in [0.717, 1.165) is 24.8 Å². The molecular formula is C22H28N2O3S. The molecule has 6 heteroatoms. The van der Waals surface area contributed by atoms with E-state index in [9.17, 15) is 13.2 Å². The summed E-state index contributed by atoms with van der Waals surface area (Å²) < 4.78 is 27.0. The molecule has 5 nitrogen and oxygen atoms in total. The SMILES string of the molecule is CC[C@H](NC(=O)c1cccc(S(=O)(=O)N2CCCC2)c1)c1ccc(C)c(C)c1. The second kappa shape index (κ2) is 8.45.